The monoisotopic (exact) mass is 230 g/mol. The number of hydrogen-bond donors (Lipinski definition) is 0. The molecule has 0 N–H and O–H groups in total. The maximum atomic E-state index is 11.3. The van der Waals surface area contributed by atoms with Crippen LogP contribution in [0.25, 0.3) is 0 Å². The summed E-state index contributed by atoms with van der Waals surface area (Å²) < 4.78 is 9.90. The van der Waals surface area contributed by atoms with E-state index >= 15 is 0 Å². The molecule has 0 aliphatic heterocycles. The van der Waals surface area contributed by atoms with E-state index in [1.54, 1.807) is 6.92 Å². The number of carbonyl (C=O) groups is 2. The number of rotatable bonds is 8. The average Bonchev–Trinajstić information content (AvgIpc) is 2.17. The van der Waals surface area contributed by atoms with Crippen LogP contribution in [0, 0.1) is 0 Å². The molecule has 0 aromatic carbocycles. The summed E-state index contributed by atoms with van der Waals surface area (Å²) in [5, 5.41) is 0. The van der Waals surface area contributed by atoms with Crippen LogP contribution in [0.1, 0.15) is 52.9 Å². The Bertz CT molecular complexity index is 213. The molecule has 0 fully saturated rings. The standard InChI is InChI=1S/C12H22O4/c1-4-6-7-8-11(16-10(3)13)9-12(14)15-5-2/h11H,4-9H2,1-3H3. The average molecular weight is 230 g/mol. The van der Waals surface area contributed by atoms with Gasteiger partial charge in [0, 0.05) is 6.92 Å². The minimum absolute atomic E-state index is 0.164. The van der Waals surface area contributed by atoms with Gasteiger partial charge in [0.05, 0.1) is 13.0 Å². The molecular weight excluding hydrogens is 208 g/mol. The molecule has 0 aromatic heterocycles. The van der Waals surface area contributed by atoms with Crippen LogP contribution in [0.15, 0.2) is 0 Å². The highest BCUT2D eigenvalue weighted by molar-refractivity contribution is 5.71. The summed E-state index contributed by atoms with van der Waals surface area (Å²) in [5.41, 5.74) is 0. The molecule has 0 rings (SSSR count). The Balaban J connectivity index is 3.98. The van der Waals surface area contributed by atoms with Crippen LogP contribution >= 0.6 is 0 Å². The van der Waals surface area contributed by atoms with E-state index in [0.717, 1.165) is 25.7 Å². The fraction of sp³-hybridized carbons (Fsp3) is 0.833. The fourth-order valence-corrected chi connectivity index (χ4v) is 1.47. The number of esters is 2. The summed E-state index contributed by atoms with van der Waals surface area (Å²) in [7, 11) is 0. The van der Waals surface area contributed by atoms with Gasteiger partial charge < -0.3 is 9.47 Å². The Morgan fingerprint density at radius 2 is 1.88 bits per heavy atom. The molecule has 0 radical (unpaired) electrons. The van der Waals surface area contributed by atoms with Gasteiger partial charge in [-0.05, 0) is 19.8 Å². The molecule has 0 bridgehead atoms. The van der Waals surface area contributed by atoms with Gasteiger partial charge in [0.25, 0.3) is 0 Å². The second-order valence-corrected chi connectivity index (χ2v) is 3.74. The zero-order valence-electron chi connectivity index (χ0n) is 10.5. The second-order valence-electron chi connectivity index (χ2n) is 3.74. The summed E-state index contributed by atoms with van der Waals surface area (Å²) in [6.07, 6.45) is 3.72. The van der Waals surface area contributed by atoms with Crippen molar-refractivity contribution >= 4 is 11.9 Å². The number of unbranched alkanes of at least 4 members (excludes halogenated alkanes) is 2. The van der Waals surface area contributed by atoms with Crippen LogP contribution in [-0.2, 0) is 19.1 Å². The summed E-state index contributed by atoms with van der Waals surface area (Å²) in [6.45, 7) is 5.58. The molecule has 0 saturated carbocycles. The molecule has 4 nitrogen and oxygen atoms in total. The topological polar surface area (TPSA) is 52.6 Å². The molecule has 0 aliphatic rings. The summed E-state index contributed by atoms with van der Waals surface area (Å²) >= 11 is 0. The van der Waals surface area contributed by atoms with Crippen molar-refractivity contribution in [3.05, 3.63) is 0 Å². The van der Waals surface area contributed by atoms with Crippen molar-refractivity contribution in [2.75, 3.05) is 6.61 Å². The molecule has 0 aliphatic carbocycles. The van der Waals surface area contributed by atoms with Gasteiger partial charge in [-0.1, -0.05) is 19.8 Å². The molecule has 1 unspecified atom stereocenters. The zero-order valence-corrected chi connectivity index (χ0v) is 10.5. The molecule has 0 amide bonds. The van der Waals surface area contributed by atoms with E-state index in [2.05, 4.69) is 6.92 Å². The third-order valence-corrected chi connectivity index (χ3v) is 2.16. The van der Waals surface area contributed by atoms with Gasteiger partial charge >= 0.3 is 11.9 Å². The van der Waals surface area contributed by atoms with Crippen molar-refractivity contribution in [1.82, 2.24) is 0 Å². The van der Waals surface area contributed by atoms with E-state index in [1.807, 2.05) is 0 Å². The molecule has 0 spiro atoms. The highest BCUT2D eigenvalue weighted by Gasteiger charge is 2.17. The predicted octanol–water partition coefficient (Wildman–Crippen LogP) is 2.45. The maximum Gasteiger partial charge on any atom is 0.309 e. The first kappa shape index (κ1) is 14.9. The van der Waals surface area contributed by atoms with Crippen molar-refractivity contribution in [2.24, 2.45) is 0 Å². The third-order valence-electron chi connectivity index (χ3n) is 2.16. The van der Waals surface area contributed by atoms with Gasteiger partial charge in [0.1, 0.15) is 6.10 Å². The highest BCUT2D eigenvalue weighted by Crippen LogP contribution is 2.11. The fourth-order valence-electron chi connectivity index (χ4n) is 1.47. The smallest absolute Gasteiger partial charge is 0.309 e. The summed E-state index contributed by atoms with van der Waals surface area (Å²) in [6, 6.07) is 0. The molecule has 94 valence electrons. The van der Waals surface area contributed by atoms with Crippen molar-refractivity contribution in [3.8, 4) is 0 Å². The number of hydrogen-bond acceptors (Lipinski definition) is 4. The lowest BCUT2D eigenvalue weighted by molar-refractivity contribution is -0.153. The zero-order chi connectivity index (χ0) is 12.4. The normalized spacial score (nSPS) is 11.9. The molecule has 0 aromatic rings. The second kappa shape index (κ2) is 9.19. The van der Waals surface area contributed by atoms with E-state index in [4.69, 9.17) is 9.47 Å². The van der Waals surface area contributed by atoms with Crippen LogP contribution in [0.2, 0.25) is 0 Å². The van der Waals surface area contributed by atoms with Crippen LogP contribution in [0.5, 0.6) is 0 Å². The highest BCUT2D eigenvalue weighted by atomic mass is 16.6. The van der Waals surface area contributed by atoms with E-state index < -0.39 is 0 Å². The van der Waals surface area contributed by atoms with Gasteiger partial charge in [-0.15, -0.1) is 0 Å². The molecule has 0 saturated heterocycles. The van der Waals surface area contributed by atoms with E-state index in [1.165, 1.54) is 6.92 Å². The minimum Gasteiger partial charge on any atom is -0.466 e. The third kappa shape index (κ3) is 8.26. The van der Waals surface area contributed by atoms with Gasteiger partial charge in [0.2, 0.25) is 0 Å². The van der Waals surface area contributed by atoms with Gasteiger partial charge in [-0.25, -0.2) is 0 Å². The predicted molar refractivity (Wildman–Crippen MR) is 60.9 cm³/mol. The van der Waals surface area contributed by atoms with E-state index in [9.17, 15) is 9.59 Å². The minimum atomic E-state index is -0.342. The van der Waals surface area contributed by atoms with Gasteiger partial charge in [0.15, 0.2) is 0 Å². The lowest BCUT2D eigenvalue weighted by Gasteiger charge is -2.15. The largest absolute Gasteiger partial charge is 0.466 e. The quantitative estimate of drug-likeness (QED) is 0.475. The van der Waals surface area contributed by atoms with Crippen LogP contribution < -0.4 is 0 Å². The van der Waals surface area contributed by atoms with Gasteiger partial charge in [-0.3, -0.25) is 9.59 Å². The summed E-state index contributed by atoms with van der Waals surface area (Å²) in [5.74, 6) is -0.643. The molecular formula is C12H22O4. The molecule has 4 heteroatoms. The Hall–Kier alpha value is -1.06. The first-order valence-corrected chi connectivity index (χ1v) is 5.93. The maximum absolute atomic E-state index is 11.3. The SMILES string of the molecule is CCCCCC(CC(=O)OCC)OC(C)=O. The summed E-state index contributed by atoms with van der Waals surface area (Å²) in [4.78, 5) is 22.1. The van der Waals surface area contributed by atoms with Crippen molar-refractivity contribution < 1.29 is 19.1 Å². The lowest BCUT2D eigenvalue weighted by atomic mass is 10.1. The molecule has 1 atom stereocenters. The Kier molecular flexibility index (Phi) is 8.58. The van der Waals surface area contributed by atoms with E-state index in [0.29, 0.717) is 6.61 Å². The molecule has 16 heavy (non-hydrogen) atoms. The number of carbonyl (C=O) groups excluding carboxylic acids is 2. The first-order valence-electron chi connectivity index (χ1n) is 5.93. The van der Waals surface area contributed by atoms with Crippen LogP contribution in [0.3, 0.4) is 0 Å². The van der Waals surface area contributed by atoms with Crippen molar-refractivity contribution in [1.29, 1.82) is 0 Å². The number of ether oxygens (including phenoxy) is 2. The van der Waals surface area contributed by atoms with Crippen molar-refractivity contribution in [2.45, 2.75) is 59.0 Å². The van der Waals surface area contributed by atoms with Crippen LogP contribution in [-0.4, -0.2) is 24.6 Å². The van der Waals surface area contributed by atoms with Crippen molar-refractivity contribution in [3.63, 3.8) is 0 Å². The Morgan fingerprint density at radius 1 is 1.19 bits per heavy atom. The lowest BCUT2D eigenvalue weighted by Crippen LogP contribution is -2.21. The molecule has 0 heterocycles. The Labute approximate surface area is 97.3 Å². The first-order chi connectivity index (χ1) is 7.60. The Morgan fingerprint density at radius 3 is 2.38 bits per heavy atom. The van der Waals surface area contributed by atoms with Crippen LogP contribution in [0.4, 0.5) is 0 Å². The van der Waals surface area contributed by atoms with Gasteiger partial charge in [-0.2, -0.15) is 0 Å². The van der Waals surface area contributed by atoms with E-state index in [-0.39, 0.29) is 24.5 Å².